The minimum Gasteiger partial charge on any atom is -0.495 e. The normalized spacial score (nSPS) is 10.8. The first-order chi connectivity index (χ1) is 11.5. The molecule has 2 N–H and O–H groups in total. The zero-order valence-electron chi connectivity index (χ0n) is 13.3. The van der Waals surface area contributed by atoms with Gasteiger partial charge in [-0.25, -0.2) is 13.2 Å². The van der Waals surface area contributed by atoms with Crippen LogP contribution in [-0.4, -0.2) is 28.2 Å². The van der Waals surface area contributed by atoms with E-state index in [4.69, 9.17) is 9.47 Å². The molecule has 0 bridgehead atoms. The Hall–Kier alpha value is -2.74. The van der Waals surface area contributed by atoms with Crippen molar-refractivity contribution in [1.29, 1.82) is 0 Å². The van der Waals surface area contributed by atoms with Crippen molar-refractivity contribution in [3.8, 4) is 5.75 Å². The van der Waals surface area contributed by atoms with Crippen LogP contribution in [0.15, 0.2) is 53.4 Å². The fourth-order valence-corrected chi connectivity index (χ4v) is 3.07. The van der Waals surface area contributed by atoms with E-state index in [-0.39, 0.29) is 11.5 Å². The van der Waals surface area contributed by atoms with Gasteiger partial charge in [0.25, 0.3) is 10.0 Å². The van der Waals surface area contributed by atoms with Crippen LogP contribution >= 0.6 is 0 Å². The topological polar surface area (TPSA) is 93.7 Å². The first kappa shape index (κ1) is 17.6. The number of sulfonamides is 1. The predicted molar refractivity (Wildman–Crippen MR) is 90.9 cm³/mol. The van der Waals surface area contributed by atoms with Crippen molar-refractivity contribution in [2.75, 3.05) is 23.8 Å². The number of hydrogen-bond donors (Lipinski definition) is 2. The molecule has 24 heavy (non-hydrogen) atoms. The van der Waals surface area contributed by atoms with E-state index in [1.807, 2.05) is 0 Å². The highest BCUT2D eigenvalue weighted by Gasteiger charge is 2.17. The lowest BCUT2D eigenvalue weighted by atomic mass is 10.3. The molecule has 128 valence electrons. The number of amides is 1. The third-order valence-corrected chi connectivity index (χ3v) is 4.38. The molecule has 2 aromatic carbocycles. The summed E-state index contributed by atoms with van der Waals surface area (Å²) in [5.74, 6) is 0.405. The molecule has 0 aliphatic carbocycles. The molecule has 0 saturated carbocycles. The maximum absolute atomic E-state index is 12.5. The summed E-state index contributed by atoms with van der Waals surface area (Å²) in [7, 11) is -2.38. The standard InChI is InChI=1S/C16H18N2O5S/c1-3-23-16(19)17-12-7-6-8-13(11-12)24(20,21)18-14-9-4-5-10-15(14)22-2/h4-11,18H,3H2,1-2H3,(H,17,19). The maximum Gasteiger partial charge on any atom is 0.411 e. The Morgan fingerprint density at radius 1 is 1.12 bits per heavy atom. The van der Waals surface area contributed by atoms with Crippen LogP contribution in [0.1, 0.15) is 6.92 Å². The van der Waals surface area contributed by atoms with Crippen molar-refractivity contribution < 1.29 is 22.7 Å². The van der Waals surface area contributed by atoms with Crippen LogP contribution in [-0.2, 0) is 14.8 Å². The average molecular weight is 350 g/mol. The third kappa shape index (κ3) is 4.39. The Bertz CT molecular complexity index is 821. The lowest BCUT2D eigenvalue weighted by Crippen LogP contribution is -2.16. The first-order valence-corrected chi connectivity index (χ1v) is 8.64. The summed E-state index contributed by atoms with van der Waals surface area (Å²) in [6, 6.07) is 12.5. The SMILES string of the molecule is CCOC(=O)Nc1cccc(S(=O)(=O)Nc2ccccc2OC)c1. The number of nitrogens with one attached hydrogen (secondary N) is 2. The molecule has 0 aliphatic rings. The number of methoxy groups -OCH3 is 1. The molecule has 0 aromatic heterocycles. The smallest absolute Gasteiger partial charge is 0.411 e. The summed E-state index contributed by atoms with van der Waals surface area (Å²) in [6.45, 7) is 1.90. The van der Waals surface area contributed by atoms with Gasteiger partial charge >= 0.3 is 6.09 Å². The van der Waals surface area contributed by atoms with Gasteiger partial charge in [0.15, 0.2) is 0 Å². The number of hydrogen-bond acceptors (Lipinski definition) is 5. The Kier molecular flexibility index (Phi) is 5.64. The molecule has 0 aliphatic heterocycles. The van der Waals surface area contributed by atoms with Gasteiger partial charge in [0.1, 0.15) is 5.75 Å². The predicted octanol–water partition coefficient (Wildman–Crippen LogP) is 3.06. The van der Waals surface area contributed by atoms with Crippen LogP contribution in [0, 0.1) is 0 Å². The molecule has 0 spiro atoms. The van der Waals surface area contributed by atoms with Crippen LogP contribution < -0.4 is 14.8 Å². The molecular weight excluding hydrogens is 332 g/mol. The molecule has 2 rings (SSSR count). The quantitative estimate of drug-likeness (QED) is 0.835. The van der Waals surface area contributed by atoms with E-state index < -0.39 is 16.1 Å². The van der Waals surface area contributed by atoms with Gasteiger partial charge < -0.3 is 9.47 Å². The Morgan fingerprint density at radius 2 is 1.88 bits per heavy atom. The van der Waals surface area contributed by atoms with Crippen molar-refractivity contribution in [3.05, 3.63) is 48.5 Å². The van der Waals surface area contributed by atoms with Crippen molar-refractivity contribution in [3.63, 3.8) is 0 Å². The minimum atomic E-state index is -3.84. The molecule has 1 amide bonds. The molecule has 0 heterocycles. The van der Waals surface area contributed by atoms with E-state index in [0.29, 0.717) is 17.1 Å². The second-order valence-corrected chi connectivity index (χ2v) is 6.36. The molecule has 8 heteroatoms. The number of ether oxygens (including phenoxy) is 2. The molecule has 0 atom stereocenters. The van der Waals surface area contributed by atoms with Crippen molar-refractivity contribution >= 4 is 27.5 Å². The van der Waals surface area contributed by atoms with E-state index in [0.717, 1.165) is 0 Å². The van der Waals surface area contributed by atoms with Crippen LogP contribution in [0.2, 0.25) is 0 Å². The molecule has 0 fully saturated rings. The number of anilines is 2. The molecule has 0 saturated heterocycles. The van der Waals surface area contributed by atoms with E-state index in [1.165, 1.54) is 25.3 Å². The molecule has 0 radical (unpaired) electrons. The fraction of sp³-hybridized carbons (Fsp3) is 0.188. The van der Waals surface area contributed by atoms with Gasteiger partial charge in [0, 0.05) is 5.69 Å². The minimum absolute atomic E-state index is 0.00250. The van der Waals surface area contributed by atoms with Crippen molar-refractivity contribution in [2.24, 2.45) is 0 Å². The maximum atomic E-state index is 12.5. The lowest BCUT2D eigenvalue weighted by Gasteiger charge is -2.12. The van der Waals surface area contributed by atoms with E-state index in [2.05, 4.69) is 10.0 Å². The second-order valence-electron chi connectivity index (χ2n) is 4.68. The van der Waals surface area contributed by atoms with Crippen LogP contribution in [0.25, 0.3) is 0 Å². The Morgan fingerprint density at radius 3 is 2.58 bits per heavy atom. The van der Waals surface area contributed by atoms with Gasteiger partial charge in [0.2, 0.25) is 0 Å². The highest BCUT2D eigenvalue weighted by Crippen LogP contribution is 2.26. The van der Waals surface area contributed by atoms with Gasteiger partial charge in [0.05, 0.1) is 24.3 Å². The summed E-state index contributed by atoms with van der Waals surface area (Å²) in [5, 5.41) is 2.46. The number of para-hydroxylation sites is 2. The van der Waals surface area contributed by atoms with Gasteiger partial charge in [-0.1, -0.05) is 18.2 Å². The molecular formula is C16H18N2O5S. The van der Waals surface area contributed by atoms with Crippen LogP contribution in [0.3, 0.4) is 0 Å². The number of carbonyl (C=O) groups excluding carboxylic acids is 1. The summed E-state index contributed by atoms with van der Waals surface area (Å²) in [5.41, 5.74) is 0.639. The van der Waals surface area contributed by atoms with E-state index >= 15 is 0 Å². The number of benzene rings is 2. The van der Waals surface area contributed by atoms with Crippen LogP contribution in [0.5, 0.6) is 5.75 Å². The highest BCUT2D eigenvalue weighted by molar-refractivity contribution is 7.92. The fourth-order valence-electron chi connectivity index (χ4n) is 1.96. The highest BCUT2D eigenvalue weighted by atomic mass is 32.2. The van der Waals surface area contributed by atoms with Gasteiger partial charge in [-0.15, -0.1) is 0 Å². The van der Waals surface area contributed by atoms with Gasteiger partial charge in [-0.3, -0.25) is 10.0 Å². The molecule has 2 aromatic rings. The summed E-state index contributed by atoms with van der Waals surface area (Å²) >= 11 is 0. The Labute approximate surface area is 140 Å². The summed E-state index contributed by atoms with van der Waals surface area (Å²) in [4.78, 5) is 11.4. The van der Waals surface area contributed by atoms with Crippen LogP contribution in [0.4, 0.5) is 16.2 Å². The monoisotopic (exact) mass is 350 g/mol. The largest absolute Gasteiger partial charge is 0.495 e. The van der Waals surface area contributed by atoms with Gasteiger partial charge in [-0.05, 0) is 37.3 Å². The Balaban J connectivity index is 2.24. The first-order valence-electron chi connectivity index (χ1n) is 7.16. The van der Waals surface area contributed by atoms with E-state index in [1.54, 1.807) is 37.3 Å². The summed E-state index contributed by atoms with van der Waals surface area (Å²) in [6.07, 6.45) is -0.648. The second kappa shape index (κ2) is 7.69. The number of carbonyl (C=O) groups is 1. The molecule has 0 unspecified atom stereocenters. The zero-order valence-corrected chi connectivity index (χ0v) is 14.1. The zero-order chi connectivity index (χ0) is 17.6. The number of rotatable bonds is 6. The lowest BCUT2D eigenvalue weighted by molar-refractivity contribution is 0.168. The van der Waals surface area contributed by atoms with E-state index in [9.17, 15) is 13.2 Å². The molecule has 7 nitrogen and oxygen atoms in total. The summed E-state index contributed by atoms with van der Waals surface area (Å²) < 4.78 is 37.4. The van der Waals surface area contributed by atoms with Gasteiger partial charge in [-0.2, -0.15) is 0 Å². The average Bonchev–Trinajstić information content (AvgIpc) is 2.55. The van der Waals surface area contributed by atoms with Crippen molar-refractivity contribution in [1.82, 2.24) is 0 Å². The van der Waals surface area contributed by atoms with Crippen molar-refractivity contribution in [2.45, 2.75) is 11.8 Å². The third-order valence-electron chi connectivity index (χ3n) is 3.02.